The van der Waals surface area contributed by atoms with Gasteiger partial charge in [-0.1, -0.05) is 23.7 Å². The standard InChI is InChI=1S/C12H11ClN2O2/c1-8-2-3-9(10(13)4-8)5-15-6-11(12(16)17)14-7-15/h2-4,6-7H,5H2,1H3,(H,16,17). The lowest BCUT2D eigenvalue weighted by Gasteiger charge is -2.05. The first kappa shape index (κ1) is 11.7. The first-order valence-electron chi connectivity index (χ1n) is 5.06. The molecule has 0 spiro atoms. The Morgan fingerprint density at radius 2 is 2.29 bits per heavy atom. The van der Waals surface area contributed by atoms with Gasteiger partial charge in [-0.25, -0.2) is 9.78 Å². The van der Waals surface area contributed by atoms with Crippen molar-refractivity contribution in [3.05, 3.63) is 52.6 Å². The molecular formula is C12H11ClN2O2. The number of rotatable bonds is 3. The van der Waals surface area contributed by atoms with Crippen molar-refractivity contribution in [3.63, 3.8) is 0 Å². The van der Waals surface area contributed by atoms with E-state index in [9.17, 15) is 4.79 Å². The highest BCUT2D eigenvalue weighted by atomic mass is 35.5. The molecule has 0 bridgehead atoms. The zero-order valence-electron chi connectivity index (χ0n) is 9.22. The van der Waals surface area contributed by atoms with Crippen LogP contribution in [0.2, 0.25) is 5.02 Å². The summed E-state index contributed by atoms with van der Waals surface area (Å²) in [5.41, 5.74) is 2.07. The van der Waals surface area contributed by atoms with E-state index in [2.05, 4.69) is 4.98 Å². The monoisotopic (exact) mass is 250 g/mol. The minimum absolute atomic E-state index is 0.0354. The van der Waals surface area contributed by atoms with Crippen LogP contribution in [0.1, 0.15) is 21.6 Å². The van der Waals surface area contributed by atoms with Gasteiger partial charge in [0.2, 0.25) is 0 Å². The zero-order chi connectivity index (χ0) is 12.4. The Morgan fingerprint density at radius 1 is 1.53 bits per heavy atom. The van der Waals surface area contributed by atoms with E-state index in [1.54, 1.807) is 4.57 Å². The van der Waals surface area contributed by atoms with Crippen LogP contribution >= 0.6 is 11.6 Å². The van der Waals surface area contributed by atoms with Gasteiger partial charge in [-0.05, 0) is 24.1 Å². The van der Waals surface area contributed by atoms with Crippen molar-refractivity contribution in [2.45, 2.75) is 13.5 Å². The molecule has 0 radical (unpaired) electrons. The second kappa shape index (κ2) is 4.59. The van der Waals surface area contributed by atoms with Gasteiger partial charge in [0.15, 0.2) is 5.69 Å². The molecule has 4 nitrogen and oxygen atoms in total. The highest BCUT2D eigenvalue weighted by Crippen LogP contribution is 2.18. The van der Waals surface area contributed by atoms with Crippen molar-refractivity contribution in [1.82, 2.24) is 9.55 Å². The third-order valence-electron chi connectivity index (χ3n) is 2.41. The van der Waals surface area contributed by atoms with Crippen LogP contribution in [0.3, 0.4) is 0 Å². The number of aryl methyl sites for hydroxylation is 1. The Bertz CT molecular complexity index is 563. The summed E-state index contributed by atoms with van der Waals surface area (Å²) in [5, 5.41) is 9.43. The van der Waals surface area contributed by atoms with Crippen molar-refractivity contribution >= 4 is 17.6 Å². The molecule has 2 aromatic rings. The number of nitrogens with zero attached hydrogens (tertiary/aromatic N) is 2. The maximum Gasteiger partial charge on any atom is 0.356 e. The van der Waals surface area contributed by atoms with Crippen molar-refractivity contribution in [1.29, 1.82) is 0 Å². The lowest BCUT2D eigenvalue weighted by atomic mass is 10.1. The first-order valence-corrected chi connectivity index (χ1v) is 5.44. The van der Waals surface area contributed by atoms with E-state index in [-0.39, 0.29) is 5.69 Å². The van der Waals surface area contributed by atoms with Gasteiger partial charge in [0.1, 0.15) is 0 Å². The summed E-state index contributed by atoms with van der Waals surface area (Å²) in [5.74, 6) is -1.03. The van der Waals surface area contributed by atoms with Crippen molar-refractivity contribution in [2.75, 3.05) is 0 Å². The first-order chi connectivity index (χ1) is 8.06. The van der Waals surface area contributed by atoms with Crippen molar-refractivity contribution in [2.24, 2.45) is 0 Å². The molecule has 88 valence electrons. The fraction of sp³-hybridized carbons (Fsp3) is 0.167. The molecule has 0 saturated heterocycles. The smallest absolute Gasteiger partial charge is 0.356 e. The minimum Gasteiger partial charge on any atom is -0.476 e. The van der Waals surface area contributed by atoms with Gasteiger partial charge in [0, 0.05) is 17.8 Å². The number of carboxylic acid groups (broad SMARTS) is 1. The highest BCUT2D eigenvalue weighted by molar-refractivity contribution is 6.31. The molecule has 17 heavy (non-hydrogen) atoms. The van der Waals surface area contributed by atoms with Gasteiger partial charge in [-0.2, -0.15) is 0 Å². The summed E-state index contributed by atoms with van der Waals surface area (Å²) in [6.07, 6.45) is 2.97. The van der Waals surface area contributed by atoms with Gasteiger partial charge in [-0.3, -0.25) is 0 Å². The molecule has 5 heteroatoms. The number of hydrogen-bond donors (Lipinski definition) is 1. The Kier molecular flexibility index (Phi) is 3.15. The summed E-state index contributed by atoms with van der Waals surface area (Å²) in [7, 11) is 0. The Balaban J connectivity index is 2.22. The minimum atomic E-state index is -1.03. The summed E-state index contributed by atoms with van der Waals surface area (Å²) >= 11 is 6.10. The fourth-order valence-corrected chi connectivity index (χ4v) is 1.83. The third-order valence-corrected chi connectivity index (χ3v) is 2.77. The summed E-state index contributed by atoms with van der Waals surface area (Å²) in [6.45, 7) is 2.48. The molecule has 0 atom stereocenters. The zero-order valence-corrected chi connectivity index (χ0v) is 9.98. The van der Waals surface area contributed by atoms with Crippen molar-refractivity contribution in [3.8, 4) is 0 Å². The SMILES string of the molecule is Cc1ccc(Cn2cnc(C(=O)O)c2)c(Cl)c1. The highest BCUT2D eigenvalue weighted by Gasteiger charge is 2.07. The lowest BCUT2D eigenvalue weighted by Crippen LogP contribution is -1.99. The Hall–Kier alpha value is -1.81. The average Bonchev–Trinajstić information content (AvgIpc) is 2.71. The molecule has 0 aliphatic rings. The van der Waals surface area contributed by atoms with E-state index in [0.717, 1.165) is 11.1 Å². The van der Waals surface area contributed by atoms with E-state index >= 15 is 0 Å². The van der Waals surface area contributed by atoms with Crippen LogP contribution < -0.4 is 0 Å². The van der Waals surface area contributed by atoms with E-state index < -0.39 is 5.97 Å². The Morgan fingerprint density at radius 3 is 2.88 bits per heavy atom. The van der Waals surface area contributed by atoms with Crippen LogP contribution in [0.25, 0.3) is 0 Å². The van der Waals surface area contributed by atoms with E-state index in [0.29, 0.717) is 11.6 Å². The predicted octanol–water partition coefficient (Wildman–Crippen LogP) is 2.59. The number of hydrogen-bond acceptors (Lipinski definition) is 2. The second-order valence-electron chi connectivity index (χ2n) is 3.83. The molecular weight excluding hydrogens is 240 g/mol. The van der Waals surface area contributed by atoms with Gasteiger partial charge in [-0.15, -0.1) is 0 Å². The topological polar surface area (TPSA) is 55.1 Å². The van der Waals surface area contributed by atoms with Crippen LogP contribution in [0.15, 0.2) is 30.7 Å². The molecule has 1 aromatic carbocycles. The quantitative estimate of drug-likeness (QED) is 0.911. The molecule has 0 amide bonds. The largest absolute Gasteiger partial charge is 0.476 e. The predicted molar refractivity (Wildman–Crippen MR) is 64.5 cm³/mol. The molecule has 0 saturated carbocycles. The maximum absolute atomic E-state index is 10.7. The number of imidazole rings is 1. The molecule has 1 aromatic heterocycles. The molecule has 2 rings (SSSR count). The molecule has 0 fully saturated rings. The number of carbonyl (C=O) groups is 1. The number of aromatic nitrogens is 2. The van der Waals surface area contributed by atoms with Crippen LogP contribution in [0.5, 0.6) is 0 Å². The average molecular weight is 251 g/mol. The van der Waals surface area contributed by atoms with E-state index in [1.807, 2.05) is 25.1 Å². The number of aromatic carboxylic acids is 1. The lowest BCUT2D eigenvalue weighted by molar-refractivity contribution is 0.0691. The normalized spacial score (nSPS) is 10.5. The molecule has 0 aliphatic carbocycles. The number of halogens is 1. The molecule has 1 heterocycles. The van der Waals surface area contributed by atoms with E-state index in [4.69, 9.17) is 16.7 Å². The van der Waals surface area contributed by atoms with Gasteiger partial charge in [0.25, 0.3) is 0 Å². The summed E-state index contributed by atoms with van der Waals surface area (Å²) in [6, 6.07) is 5.78. The Labute approximate surface area is 103 Å². The van der Waals surface area contributed by atoms with Crippen LogP contribution in [-0.2, 0) is 6.54 Å². The van der Waals surface area contributed by atoms with Crippen LogP contribution in [-0.4, -0.2) is 20.6 Å². The number of carboxylic acids is 1. The van der Waals surface area contributed by atoms with E-state index in [1.165, 1.54) is 12.5 Å². The van der Waals surface area contributed by atoms with Gasteiger partial charge in [0.05, 0.1) is 6.33 Å². The molecule has 1 N–H and O–H groups in total. The fourth-order valence-electron chi connectivity index (χ4n) is 1.53. The van der Waals surface area contributed by atoms with Crippen molar-refractivity contribution < 1.29 is 9.90 Å². The second-order valence-corrected chi connectivity index (χ2v) is 4.24. The molecule has 0 unspecified atom stereocenters. The number of benzene rings is 1. The maximum atomic E-state index is 10.7. The van der Waals surface area contributed by atoms with Gasteiger partial charge >= 0.3 is 5.97 Å². The summed E-state index contributed by atoms with van der Waals surface area (Å²) in [4.78, 5) is 14.5. The van der Waals surface area contributed by atoms with Gasteiger partial charge < -0.3 is 9.67 Å². The summed E-state index contributed by atoms with van der Waals surface area (Å²) < 4.78 is 1.69. The van der Waals surface area contributed by atoms with Crippen LogP contribution in [0, 0.1) is 6.92 Å². The molecule has 0 aliphatic heterocycles. The van der Waals surface area contributed by atoms with Crippen LogP contribution in [0.4, 0.5) is 0 Å². The third kappa shape index (κ3) is 2.65.